The Bertz CT molecular complexity index is 1280. The highest BCUT2D eigenvalue weighted by Crippen LogP contribution is 2.30. The van der Waals surface area contributed by atoms with Crippen molar-refractivity contribution in [1.29, 1.82) is 0 Å². The Morgan fingerprint density at radius 2 is 1.00 bits per heavy atom. The van der Waals surface area contributed by atoms with Crippen molar-refractivity contribution in [2.75, 3.05) is 0 Å². The van der Waals surface area contributed by atoms with Gasteiger partial charge in [-0.05, 0) is 68.1 Å². The fourth-order valence-corrected chi connectivity index (χ4v) is 3.77. The Morgan fingerprint density at radius 1 is 0.429 bits per heavy atom. The zero-order valence-corrected chi connectivity index (χ0v) is 15.5. The molecule has 0 N–H and O–H groups in total. The van der Waals surface area contributed by atoms with E-state index >= 15 is 0 Å². The van der Waals surface area contributed by atoms with Gasteiger partial charge in [0, 0.05) is 0 Å². The number of hydrogen-bond donors (Lipinski definition) is 0. The number of benzene rings is 5. The van der Waals surface area contributed by atoms with E-state index in [1.54, 1.807) is 0 Å². The number of rotatable bonds is 3. The fourth-order valence-electron chi connectivity index (χ4n) is 3.77. The summed E-state index contributed by atoms with van der Waals surface area (Å²) < 4.78 is 0. The minimum Gasteiger partial charge on any atom is -0.0622 e. The second kappa shape index (κ2) is 7.17. The van der Waals surface area contributed by atoms with Gasteiger partial charge in [-0.2, -0.15) is 0 Å². The molecule has 5 aromatic carbocycles. The van der Waals surface area contributed by atoms with Crippen LogP contribution in [0.2, 0.25) is 0 Å². The van der Waals surface area contributed by atoms with E-state index in [1.165, 1.54) is 43.8 Å². The van der Waals surface area contributed by atoms with Crippen LogP contribution in [0.1, 0.15) is 16.7 Å². The van der Waals surface area contributed by atoms with Crippen LogP contribution in [0.4, 0.5) is 0 Å². The molecule has 0 heterocycles. The third kappa shape index (κ3) is 3.21. The lowest BCUT2D eigenvalue weighted by Crippen LogP contribution is -1.89. The number of fused-ring (bicyclic) bond motifs is 2. The zero-order valence-electron chi connectivity index (χ0n) is 15.5. The minimum absolute atomic E-state index is 1.21. The van der Waals surface area contributed by atoms with Crippen molar-refractivity contribution in [1.82, 2.24) is 0 Å². The molecule has 0 nitrogen and oxygen atoms in total. The summed E-state index contributed by atoms with van der Waals surface area (Å²) in [6.07, 6.45) is 2.28. The van der Waals surface area contributed by atoms with Crippen molar-refractivity contribution < 1.29 is 0 Å². The molecule has 28 heavy (non-hydrogen) atoms. The van der Waals surface area contributed by atoms with Crippen LogP contribution in [0.3, 0.4) is 0 Å². The largest absolute Gasteiger partial charge is 0.0622 e. The van der Waals surface area contributed by atoms with Crippen LogP contribution in [-0.2, 0) is 0 Å². The lowest BCUT2D eigenvalue weighted by atomic mass is 9.93. The molecule has 0 aliphatic carbocycles. The average molecular weight is 356 g/mol. The first-order chi connectivity index (χ1) is 13.9. The lowest BCUT2D eigenvalue weighted by molar-refractivity contribution is 1.57. The molecule has 0 aliphatic rings. The van der Waals surface area contributed by atoms with E-state index in [-0.39, 0.29) is 0 Å². The summed E-state index contributed by atoms with van der Waals surface area (Å²) >= 11 is 0. The van der Waals surface area contributed by atoms with Crippen molar-refractivity contribution in [3.05, 3.63) is 132 Å². The summed E-state index contributed by atoms with van der Waals surface area (Å²) in [6, 6.07) is 41.0. The predicted octanol–water partition coefficient (Wildman–Crippen LogP) is 7.58. The molecule has 0 aliphatic heterocycles. The van der Waals surface area contributed by atoms with Crippen molar-refractivity contribution >= 4 is 33.2 Å². The van der Waals surface area contributed by atoms with E-state index in [1.807, 2.05) is 0 Å². The van der Waals surface area contributed by atoms with E-state index < -0.39 is 0 Å². The topological polar surface area (TPSA) is 0 Å². The SMILES string of the molecule is C(=C(/c1ccccc1)c1ccc2cc3ccccc3cc2c1)/c1ccccc1. The van der Waals surface area contributed by atoms with Gasteiger partial charge in [0.05, 0.1) is 0 Å². The first-order valence-electron chi connectivity index (χ1n) is 9.62. The molecule has 0 saturated carbocycles. The molecule has 0 amide bonds. The molecular weight excluding hydrogens is 336 g/mol. The molecule has 0 spiro atoms. The van der Waals surface area contributed by atoms with Gasteiger partial charge >= 0.3 is 0 Å². The normalized spacial score (nSPS) is 11.8. The molecule has 0 bridgehead atoms. The maximum absolute atomic E-state index is 2.31. The van der Waals surface area contributed by atoms with Gasteiger partial charge < -0.3 is 0 Å². The average Bonchev–Trinajstić information content (AvgIpc) is 2.77. The Labute approximate surface area is 165 Å². The van der Waals surface area contributed by atoms with Crippen LogP contribution < -0.4 is 0 Å². The molecule has 5 aromatic rings. The van der Waals surface area contributed by atoms with Gasteiger partial charge in [-0.15, -0.1) is 0 Å². The Hall–Kier alpha value is -3.64. The first kappa shape index (κ1) is 16.5. The summed E-state index contributed by atoms with van der Waals surface area (Å²) in [7, 11) is 0. The van der Waals surface area contributed by atoms with Crippen LogP contribution in [0.5, 0.6) is 0 Å². The molecular formula is C28H20. The van der Waals surface area contributed by atoms with Crippen LogP contribution >= 0.6 is 0 Å². The maximum atomic E-state index is 2.31. The Balaban J connectivity index is 1.71. The third-order valence-electron chi connectivity index (χ3n) is 5.21. The molecule has 0 aromatic heterocycles. The second-order valence-corrected chi connectivity index (χ2v) is 7.10. The Morgan fingerprint density at radius 3 is 1.71 bits per heavy atom. The van der Waals surface area contributed by atoms with Crippen LogP contribution in [0, 0.1) is 0 Å². The summed E-state index contributed by atoms with van der Waals surface area (Å²) in [5.74, 6) is 0. The van der Waals surface area contributed by atoms with E-state index in [0.29, 0.717) is 0 Å². The summed E-state index contributed by atoms with van der Waals surface area (Å²) in [4.78, 5) is 0. The van der Waals surface area contributed by atoms with Crippen molar-refractivity contribution in [2.24, 2.45) is 0 Å². The van der Waals surface area contributed by atoms with Gasteiger partial charge in [-0.25, -0.2) is 0 Å². The van der Waals surface area contributed by atoms with Crippen molar-refractivity contribution in [3.63, 3.8) is 0 Å². The van der Waals surface area contributed by atoms with E-state index in [9.17, 15) is 0 Å². The van der Waals surface area contributed by atoms with Gasteiger partial charge in [0.15, 0.2) is 0 Å². The number of hydrogen-bond acceptors (Lipinski definition) is 0. The highest BCUT2D eigenvalue weighted by molar-refractivity contribution is 6.01. The monoisotopic (exact) mass is 356 g/mol. The van der Waals surface area contributed by atoms with Gasteiger partial charge in [0.25, 0.3) is 0 Å². The maximum Gasteiger partial charge on any atom is -0.0105 e. The molecule has 0 heteroatoms. The third-order valence-corrected chi connectivity index (χ3v) is 5.21. The van der Waals surface area contributed by atoms with E-state index in [4.69, 9.17) is 0 Å². The van der Waals surface area contributed by atoms with E-state index in [2.05, 4.69) is 121 Å². The molecule has 0 saturated heterocycles. The van der Waals surface area contributed by atoms with Crippen molar-refractivity contribution in [3.8, 4) is 0 Å². The lowest BCUT2D eigenvalue weighted by Gasteiger charge is -2.11. The summed E-state index contributed by atoms with van der Waals surface area (Å²) in [6.45, 7) is 0. The van der Waals surface area contributed by atoms with Gasteiger partial charge in [0.2, 0.25) is 0 Å². The Kier molecular flexibility index (Phi) is 4.23. The fraction of sp³-hybridized carbons (Fsp3) is 0. The van der Waals surface area contributed by atoms with Crippen LogP contribution in [0.15, 0.2) is 115 Å². The van der Waals surface area contributed by atoms with Gasteiger partial charge in [0.1, 0.15) is 0 Å². The highest BCUT2D eigenvalue weighted by atomic mass is 14.1. The highest BCUT2D eigenvalue weighted by Gasteiger charge is 2.07. The summed E-state index contributed by atoms with van der Waals surface area (Å²) in [5.41, 5.74) is 4.91. The van der Waals surface area contributed by atoms with Gasteiger partial charge in [-0.1, -0.05) is 97.1 Å². The van der Waals surface area contributed by atoms with Gasteiger partial charge in [-0.3, -0.25) is 0 Å². The van der Waals surface area contributed by atoms with E-state index in [0.717, 1.165) is 0 Å². The molecule has 5 rings (SSSR count). The minimum atomic E-state index is 1.21. The smallest absolute Gasteiger partial charge is 0.0105 e. The zero-order chi connectivity index (χ0) is 18.8. The molecule has 0 unspecified atom stereocenters. The molecule has 0 radical (unpaired) electrons. The molecule has 0 fully saturated rings. The standard InChI is InChI=1S/C28H20/c1-3-9-21(10-4-1)17-28(22-11-5-2-6-12-22)26-16-15-25-18-23-13-7-8-14-24(23)19-27(25)20-26/h1-20H/b28-17+. The molecule has 0 atom stereocenters. The molecule has 132 valence electrons. The van der Waals surface area contributed by atoms with Crippen molar-refractivity contribution in [2.45, 2.75) is 0 Å². The first-order valence-corrected chi connectivity index (χ1v) is 9.62. The summed E-state index contributed by atoms with van der Waals surface area (Å²) in [5, 5.41) is 5.10. The second-order valence-electron chi connectivity index (χ2n) is 7.10. The van der Waals surface area contributed by atoms with Crippen LogP contribution in [0.25, 0.3) is 33.2 Å². The quantitative estimate of drug-likeness (QED) is 0.231. The predicted molar refractivity (Wildman–Crippen MR) is 121 cm³/mol. The van der Waals surface area contributed by atoms with Crippen LogP contribution in [-0.4, -0.2) is 0 Å².